The number of likely N-dealkylation sites (tertiary alicyclic amines) is 1. The number of rotatable bonds is 5. The number of amides is 1. The third-order valence-corrected chi connectivity index (χ3v) is 10.9. The van der Waals surface area contributed by atoms with E-state index in [4.69, 9.17) is 18.6 Å². The van der Waals surface area contributed by atoms with Crippen LogP contribution in [-0.4, -0.2) is 80.6 Å². The summed E-state index contributed by atoms with van der Waals surface area (Å²) in [6.45, 7) is 20.4. The zero-order valence-electron chi connectivity index (χ0n) is 22.5. The molecular weight excluding hydrogens is 438 g/mol. The van der Waals surface area contributed by atoms with Gasteiger partial charge in [0.15, 0.2) is 14.1 Å². The summed E-state index contributed by atoms with van der Waals surface area (Å²) in [5.74, 6) is -0.832. The van der Waals surface area contributed by atoms with Gasteiger partial charge in [0.1, 0.15) is 23.9 Å². The summed E-state index contributed by atoms with van der Waals surface area (Å²) in [6.07, 6.45) is 0.272. The first-order valence-corrected chi connectivity index (χ1v) is 14.5. The monoisotopic (exact) mass is 481 g/mol. The van der Waals surface area contributed by atoms with Gasteiger partial charge in [0.2, 0.25) is 0 Å². The van der Waals surface area contributed by atoms with Gasteiger partial charge < -0.3 is 23.5 Å². The fourth-order valence-corrected chi connectivity index (χ4v) is 4.93. The summed E-state index contributed by atoms with van der Waals surface area (Å²) in [5.41, 5.74) is -0.277. The van der Waals surface area contributed by atoms with E-state index in [1.165, 1.54) is 0 Å². The van der Waals surface area contributed by atoms with Crippen molar-refractivity contribution in [2.45, 2.75) is 109 Å². The topological polar surface area (TPSA) is 84.3 Å². The Bertz CT molecular complexity index is 804. The minimum Gasteiger partial charge on any atom is -0.444 e. The van der Waals surface area contributed by atoms with Crippen LogP contribution in [0.4, 0.5) is 4.79 Å². The van der Waals surface area contributed by atoms with Crippen LogP contribution in [0.5, 0.6) is 0 Å². The van der Waals surface area contributed by atoms with E-state index in [1.807, 2.05) is 48.7 Å². The molecule has 0 unspecified atom stereocenters. The lowest BCUT2D eigenvalue weighted by Crippen LogP contribution is -2.52. The van der Waals surface area contributed by atoms with E-state index in [0.717, 1.165) is 0 Å². The molecule has 4 atom stereocenters. The fourth-order valence-electron chi connectivity index (χ4n) is 3.91. The highest BCUT2D eigenvalue weighted by Gasteiger charge is 2.61. The second kappa shape index (κ2) is 9.21. The van der Waals surface area contributed by atoms with Gasteiger partial charge in [-0.2, -0.15) is 5.26 Å². The summed E-state index contributed by atoms with van der Waals surface area (Å²) in [7, 11) is 1.58. The standard InChI is InChI=1S/C24H43N3O5Si/c1-22(2,3)32-21(28)27-17(15-29-33(11,12)23(4,5)6)19-20(31-24(7,8)30-19)18(27)16(13-25)14-26(9)10/h14,17-20H,15H2,1-12H3/b16-14-/t17-,18+,19-,20+/m1/s1. The predicted octanol–water partition coefficient (Wildman–Crippen LogP) is 4.49. The molecule has 0 bridgehead atoms. The van der Waals surface area contributed by atoms with Crippen molar-refractivity contribution in [3.63, 3.8) is 0 Å². The molecule has 0 saturated carbocycles. The number of nitrogens with zero attached hydrogens (tertiary/aromatic N) is 3. The molecule has 1 amide bonds. The Hall–Kier alpha value is -1.60. The molecule has 2 rings (SSSR count). The zero-order valence-corrected chi connectivity index (χ0v) is 23.5. The molecule has 0 radical (unpaired) electrons. The molecule has 0 aromatic heterocycles. The second-order valence-electron chi connectivity index (χ2n) is 12.2. The average Bonchev–Trinajstić information content (AvgIpc) is 3.05. The van der Waals surface area contributed by atoms with Crippen molar-refractivity contribution < 1.29 is 23.4 Å². The van der Waals surface area contributed by atoms with E-state index in [9.17, 15) is 10.1 Å². The molecule has 2 aliphatic rings. The van der Waals surface area contributed by atoms with E-state index in [1.54, 1.807) is 16.0 Å². The maximum Gasteiger partial charge on any atom is 0.411 e. The van der Waals surface area contributed by atoms with Crippen molar-refractivity contribution in [2.75, 3.05) is 20.7 Å². The van der Waals surface area contributed by atoms with E-state index < -0.39 is 50.1 Å². The fraction of sp³-hybridized carbons (Fsp3) is 0.833. The highest BCUT2D eigenvalue weighted by atomic mass is 28.4. The Morgan fingerprint density at radius 3 is 2.15 bits per heavy atom. The van der Waals surface area contributed by atoms with Gasteiger partial charge in [-0.25, -0.2) is 4.79 Å². The van der Waals surface area contributed by atoms with Crippen LogP contribution in [0.25, 0.3) is 0 Å². The van der Waals surface area contributed by atoms with Crippen LogP contribution < -0.4 is 0 Å². The van der Waals surface area contributed by atoms with E-state index in [-0.39, 0.29) is 11.6 Å². The zero-order chi connectivity index (χ0) is 25.6. The molecule has 0 N–H and O–H groups in total. The summed E-state index contributed by atoms with van der Waals surface area (Å²) in [5, 5.41) is 10.0. The summed E-state index contributed by atoms with van der Waals surface area (Å²) in [6, 6.07) is 1.18. The molecule has 0 aliphatic carbocycles. The molecule has 9 heteroatoms. The highest BCUT2D eigenvalue weighted by Crippen LogP contribution is 2.44. The predicted molar refractivity (Wildman–Crippen MR) is 130 cm³/mol. The largest absolute Gasteiger partial charge is 0.444 e. The molecule has 33 heavy (non-hydrogen) atoms. The van der Waals surface area contributed by atoms with Crippen molar-refractivity contribution in [1.82, 2.24) is 9.80 Å². The van der Waals surface area contributed by atoms with Crippen LogP contribution in [0.1, 0.15) is 55.4 Å². The minimum absolute atomic E-state index is 0.0100. The molecule has 0 spiro atoms. The van der Waals surface area contributed by atoms with Gasteiger partial charge in [0.25, 0.3) is 0 Å². The Morgan fingerprint density at radius 1 is 1.15 bits per heavy atom. The number of hydrogen-bond acceptors (Lipinski definition) is 7. The molecular formula is C24H43N3O5Si. The summed E-state index contributed by atoms with van der Waals surface area (Å²) < 4.78 is 24.9. The lowest BCUT2D eigenvalue weighted by molar-refractivity contribution is -0.166. The van der Waals surface area contributed by atoms with Crippen LogP contribution in [0.15, 0.2) is 11.8 Å². The molecule has 188 valence electrons. The molecule has 0 aromatic carbocycles. The number of hydrogen-bond donors (Lipinski definition) is 0. The smallest absolute Gasteiger partial charge is 0.411 e. The van der Waals surface area contributed by atoms with Gasteiger partial charge in [-0.05, 0) is 52.8 Å². The Morgan fingerprint density at radius 2 is 1.70 bits per heavy atom. The van der Waals surface area contributed by atoms with E-state index in [0.29, 0.717) is 5.57 Å². The molecule has 8 nitrogen and oxygen atoms in total. The normalized spacial score (nSPS) is 27.8. The van der Waals surface area contributed by atoms with Gasteiger partial charge >= 0.3 is 6.09 Å². The number of carbonyl (C=O) groups is 1. The van der Waals surface area contributed by atoms with Crippen LogP contribution in [-0.2, 0) is 18.6 Å². The SMILES string of the molecule is CN(C)/C=C(/C#N)[C@H]1[C@@H]2OC(C)(C)O[C@@H]2[C@@H](CO[Si](C)(C)C(C)(C)C)N1C(=O)OC(C)(C)C. The lowest BCUT2D eigenvalue weighted by atomic mass is 10.0. The van der Waals surface area contributed by atoms with Crippen molar-refractivity contribution in [1.29, 1.82) is 5.26 Å². The molecule has 2 fully saturated rings. The molecule has 2 heterocycles. The average molecular weight is 482 g/mol. The van der Waals surface area contributed by atoms with Crippen LogP contribution in [0.3, 0.4) is 0 Å². The van der Waals surface area contributed by atoms with Crippen LogP contribution in [0.2, 0.25) is 18.1 Å². The van der Waals surface area contributed by atoms with Crippen molar-refractivity contribution in [3.8, 4) is 6.07 Å². The third-order valence-electron chi connectivity index (χ3n) is 6.38. The van der Waals surface area contributed by atoms with Crippen LogP contribution >= 0.6 is 0 Å². The number of carbonyl (C=O) groups excluding carboxylic acids is 1. The number of nitriles is 1. The second-order valence-corrected chi connectivity index (χ2v) is 17.0. The maximum absolute atomic E-state index is 13.5. The first-order chi connectivity index (χ1) is 14.8. The van der Waals surface area contributed by atoms with Gasteiger partial charge in [-0.15, -0.1) is 0 Å². The van der Waals surface area contributed by atoms with Crippen LogP contribution in [0, 0.1) is 11.3 Å². The Balaban J connectivity index is 2.55. The van der Waals surface area contributed by atoms with Crippen molar-refractivity contribution >= 4 is 14.4 Å². The first-order valence-electron chi connectivity index (χ1n) is 11.6. The highest BCUT2D eigenvalue weighted by molar-refractivity contribution is 6.74. The van der Waals surface area contributed by atoms with Gasteiger partial charge in [-0.3, -0.25) is 4.90 Å². The first kappa shape index (κ1) is 27.6. The maximum atomic E-state index is 13.5. The molecule has 2 aliphatic heterocycles. The van der Waals surface area contributed by atoms with Gasteiger partial charge in [0, 0.05) is 20.3 Å². The molecule has 0 aromatic rings. The summed E-state index contributed by atoms with van der Waals surface area (Å²) >= 11 is 0. The Kier molecular flexibility index (Phi) is 7.72. The third kappa shape index (κ3) is 6.30. The quantitative estimate of drug-likeness (QED) is 0.423. The number of ether oxygens (including phenoxy) is 3. The van der Waals surface area contributed by atoms with Crippen molar-refractivity contribution in [2.24, 2.45) is 0 Å². The van der Waals surface area contributed by atoms with E-state index >= 15 is 0 Å². The number of fused-ring (bicyclic) bond motifs is 1. The van der Waals surface area contributed by atoms with Gasteiger partial charge in [0.05, 0.1) is 24.3 Å². The van der Waals surface area contributed by atoms with Gasteiger partial charge in [-0.1, -0.05) is 20.8 Å². The Labute approximate surface area is 200 Å². The lowest BCUT2D eigenvalue weighted by Gasteiger charge is -2.40. The summed E-state index contributed by atoms with van der Waals surface area (Å²) in [4.78, 5) is 16.9. The minimum atomic E-state index is -2.11. The molecule has 2 saturated heterocycles. The van der Waals surface area contributed by atoms with Crippen molar-refractivity contribution in [3.05, 3.63) is 11.8 Å². The van der Waals surface area contributed by atoms with E-state index in [2.05, 4.69) is 39.9 Å².